The number of carboxylic acid groups (broad SMARTS) is 1. The van der Waals surface area contributed by atoms with Crippen molar-refractivity contribution in [2.75, 3.05) is 0 Å². The molecular weight excluding hydrogens is 256 g/mol. The molecule has 0 aliphatic rings. The first-order valence-corrected chi connectivity index (χ1v) is 5.78. The van der Waals surface area contributed by atoms with Gasteiger partial charge in [-0.05, 0) is 12.0 Å². The van der Waals surface area contributed by atoms with Crippen LogP contribution in [0, 0.1) is 17.6 Å². The molecule has 0 fully saturated rings. The number of carboxylic acids is 1. The summed E-state index contributed by atoms with van der Waals surface area (Å²) < 4.78 is 26.3. The van der Waals surface area contributed by atoms with Crippen LogP contribution >= 0.6 is 0 Å². The van der Waals surface area contributed by atoms with Gasteiger partial charge in [-0.25, -0.2) is 13.6 Å². The normalized spacial score (nSPS) is 12.3. The van der Waals surface area contributed by atoms with Crippen LogP contribution in [0.5, 0.6) is 0 Å². The Morgan fingerprint density at radius 3 is 2.47 bits per heavy atom. The van der Waals surface area contributed by atoms with Gasteiger partial charge in [0, 0.05) is 5.56 Å². The number of carbonyl (C=O) groups excluding carboxylic acids is 1. The number of rotatable bonds is 5. The monoisotopic (exact) mass is 271 g/mol. The van der Waals surface area contributed by atoms with Crippen molar-refractivity contribution in [3.63, 3.8) is 0 Å². The van der Waals surface area contributed by atoms with Gasteiger partial charge >= 0.3 is 5.97 Å². The Morgan fingerprint density at radius 2 is 1.95 bits per heavy atom. The molecule has 1 rings (SSSR count). The Balaban J connectivity index is 2.75. The minimum atomic E-state index is -1.16. The van der Waals surface area contributed by atoms with E-state index in [0.29, 0.717) is 0 Å². The first kappa shape index (κ1) is 15.1. The maximum atomic E-state index is 13.3. The smallest absolute Gasteiger partial charge is 0.326 e. The van der Waals surface area contributed by atoms with E-state index in [1.165, 1.54) is 12.1 Å². The summed E-state index contributed by atoms with van der Waals surface area (Å²) in [6, 6.07) is 2.47. The van der Waals surface area contributed by atoms with Crippen LogP contribution in [-0.4, -0.2) is 23.0 Å². The lowest BCUT2D eigenvalue weighted by atomic mass is 10.0. The summed E-state index contributed by atoms with van der Waals surface area (Å²) in [7, 11) is 0. The van der Waals surface area contributed by atoms with Crippen molar-refractivity contribution in [1.82, 2.24) is 5.32 Å². The van der Waals surface area contributed by atoms with Gasteiger partial charge in [0.15, 0.2) is 11.6 Å². The Hall–Kier alpha value is -1.98. The molecule has 4 nitrogen and oxygen atoms in total. The highest BCUT2D eigenvalue weighted by molar-refractivity contribution is 5.85. The molecule has 0 aliphatic carbocycles. The molecule has 1 atom stereocenters. The molecule has 0 spiro atoms. The van der Waals surface area contributed by atoms with E-state index in [1.807, 2.05) is 0 Å². The number of benzene rings is 1. The summed E-state index contributed by atoms with van der Waals surface area (Å²) >= 11 is 0. The number of aliphatic carboxylic acids is 1. The minimum absolute atomic E-state index is 0.106. The molecule has 2 N–H and O–H groups in total. The molecule has 0 unspecified atom stereocenters. The van der Waals surface area contributed by atoms with Crippen LogP contribution in [0.4, 0.5) is 8.78 Å². The predicted octanol–water partition coefficient (Wildman–Crippen LogP) is 1.73. The second-order valence-electron chi connectivity index (χ2n) is 4.52. The lowest BCUT2D eigenvalue weighted by molar-refractivity contribution is -0.143. The number of carbonyl (C=O) groups is 2. The lowest BCUT2D eigenvalue weighted by Gasteiger charge is -2.17. The second kappa shape index (κ2) is 6.26. The number of hydrogen-bond donors (Lipinski definition) is 2. The van der Waals surface area contributed by atoms with E-state index >= 15 is 0 Å². The van der Waals surface area contributed by atoms with Crippen LogP contribution < -0.4 is 5.32 Å². The molecule has 19 heavy (non-hydrogen) atoms. The van der Waals surface area contributed by atoms with Gasteiger partial charge in [-0.3, -0.25) is 4.79 Å². The molecule has 0 saturated carbocycles. The SMILES string of the molecule is CC(C)[C@@H](NC(=O)Cc1cccc(F)c1F)C(=O)O. The largest absolute Gasteiger partial charge is 0.480 e. The van der Waals surface area contributed by atoms with E-state index in [4.69, 9.17) is 5.11 Å². The van der Waals surface area contributed by atoms with Gasteiger partial charge in [-0.15, -0.1) is 0 Å². The van der Waals surface area contributed by atoms with E-state index in [1.54, 1.807) is 13.8 Å². The van der Waals surface area contributed by atoms with Gasteiger partial charge in [0.25, 0.3) is 0 Å². The zero-order chi connectivity index (χ0) is 14.6. The maximum absolute atomic E-state index is 13.3. The first-order valence-electron chi connectivity index (χ1n) is 5.78. The molecular formula is C13H15F2NO3. The summed E-state index contributed by atoms with van der Waals surface area (Å²) in [4.78, 5) is 22.5. The minimum Gasteiger partial charge on any atom is -0.480 e. The third-order valence-electron chi connectivity index (χ3n) is 2.63. The highest BCUT2D eigenvalue weighted by Crippen LogP contribution is 2.12. The Bertz CT molecular complexity index is 489. The molecule has 6 heteroatoms. The molecule has 1 aromatic carbocycles. The molecule has 0 heterocycles. The summed E-state index contributed by atoms with van der Waals surface area (Å²) in [5, 5.41) is 11.2. The van der Waals surface area contributed by atoms with Gasteiger partial charge < -0.3 is 10.4 Å². The van der Waals surface area contributed by atoms with Crippen LogP contribution in [0.2, 0.25) is 0 Å². The van der Waals surface area contributed by atoms with Crippen molar-refractivity contribution in [3.8, 4) is 0 Å². The highest BCUT2D eigenvalue weighted by Gasteiger charge is 2.23. The zero-order valence-electron chi connectivity index (χ0n) is 10.6. The van der Waals surface area contributed by atoms with Gasteiger partial charge in [0.05, 0.1) is 6.42 Å². The fraction of sp³-hybridized carbons (Fsp3) is 0.385. The molecule has 1 amide bonds. The third kappa shape index (κ3) is 4.01. The van der Waals surface area contributed by atoms with Gasteiger partial charge in [0.1, 0.15) is 6.04 Å². The van der Waals surface area contributed by atoms with Crippen molar-refractivity contribution >= 4 is 11.9 Å². The van der Waals surface area contributed by atoms with Crippen LogP contribution in [0.1, 0.15) is 19.4 Å². The Morgan fingerprint density at radius 1 is 1.32 bits per heavy atom. The molecule has 0 radical (unpaired) electrons. The molecule has 0 aromatic heterocycles. The summed E-state index contributed by atoms with van der Waals surface area (Å²) in [5.41, 5.74) is -0.106. The van der Waals surface area contributed by atoms with Gasteiger partial charge in [-0.1, -0.05) is 26.0 Å². The Kier molecular flexibility index (Phi) is 4.97. The highest BCUT2D eigenvalue weighted by atomic mass is 19.2. The van der Waals surface area contributed by atoms with Crippen molar-refractivity contribution in [3.05, 3.63) is 35.4 Å². The molecule has 104 valence electrons. The molecule has 0 aliphatic heterocycles. The summed E-state index contributed by atoms with van der Waals surface area (Å²) in [6.07, 6.45) is -0.403. The van der Waals surface area contributed by atoms with Crippen molar-refractivity contribution < 1.29 is 23.5 Å². The first-order chi connectivity index (χ1) is 8.82. The van der Waals surface area contributed by atoms with Crippen molar-refractivity contribution in [1.29, 1.82) is 0 Å². The van der Waals surface area contributed by atoms with Crippen LogP contribution in [0.25, 0.3) is 0 Å². The average Bonchev–Trinajstić information content (AvgIpc) is 2.31. The number of amides is 1. The van der Waals surface area contributed by atoms with E-state index < -0.39 is 36.0 Å². The lowest BCUT2D eigenvalue weighted by Crippen LogP contribution is -2.45. The van der Waals surface area contributed by atoms with Gasteiger partial charge in [-0.2, -0.15) is 0 Å². The standard InChI is InChI=1S/C13H15F2NO3/c1-7(2)12(13(18)19)16-10(17)6-8-4-3-5-9(14)11(8)15/h3-5,7,12H,6H2,1-2H3,(H,16,17)(H,18,19)/t12-/m1/s1. The second-order valence-corrected chi connectivity index (χ2v) is 4.52. The number of hydrogen-bond acceptors (Lipinski definition) is 2. The molecule has 0 bridgehead atoms. The Labute approximate surface area is 109 Å². The molecule has 1 aromatic rings. The van der Waals surface area contributed by atoms with E-state index in [-0.39, 0.29) is 11.5 Å². The van der Waals surface area contributed by atoms with Crippen LogP contribution in [0.15, 0.2) is 18.2 Å². The van der Waals surface area contributed by atoms with E-state index in [2.05, 4.69) is 5.32 Å². The van der Waals surface area contributed by atoms with Crippen molar-refractivity contribution in [2.45, 2.75) is 26.3 Å². The fourth-order valence-electron chi connectivity index (χ4n) is 1.60. The molecule has 0 saturated heterocycles. The van der Waals surface area contributed by atoms with E-state index in [0.717, 1.165) is 6.07 Å². The van der Waals surface area contributed by atoms with Crippen molar-refractivity contribution in [2.24, 2.45) is 5.92 Å². The van der Waals surface area contributed by atoms with E-state index in [9.17, 15) is 18.4 Å². The zero-order valence-corrected chi connectivity index (χ0v) is 10.6. The maximum Gasteiger partial charge on any atom is 0.326 e. The van der Waals surface area contributed by atoms with Crippen LogP contribution in [0.3, 0.4) is 0 Å². The quantitative estimate of drug-likeness (QED) is 0.857. The third-order valence-corrected chi connectivity index (χ3v) is 2.63. The number of nitrogens with one attached hydrogen (secondary N) is 1. The number of halogens is 2. The summed E-state index contributed by atoms with van der Waals surface area (Å²) in [6.45, 7) is 3.28. The topological polar surface area (TPSA) is 66.4 Å². The fourth-order valence-corrected chi connectivity index (χ4v) is 1.60. The van der Waals surface area contributed by atoms with Gasteiger partial charge in [0.2, 0.25) is 5.91 Å². The average molecular weight is 271 g/mol. The van der Waals surface area contributed by atoms with Crippen LogP contribution in [-0.2, 0) is 16.0 Å². The summed E-state index contributed by atoms with van der Waals surface area (Å²) in [5.74, 6) is -4.26. The predicted molar refractivity (Wildman–Crippen MR) is 64.5 cm³/mol.